The molecule has 24 heavy (non-hydrogen) atoms. The van der Waals surface area contributed by atoms with Gasteiger partial charge in [-0.1, -0.05) is 0 Å². The molecule has 1 aliphatic heterocycles. The van der Waals surface area contributed by atoms with Crippen molar-refractivity contribution in [1.82, 2.24) is 4.90 Å². The van der Waals surface area contributed by atoms with Crippen LogP contribution in [0, 0.1) is 5.92 Å². The van der Waals surface area contributed by atoms with Crippen molar-refractivity contribution in [2.45, 2.75) is 30.7 Å². The van der Waals surface area contributed by atoms with E-state index in [1.165, 1.54) is 25.8 Å². The largest absolute Gasteiger partial charge is 0.480 e. The molecule has 1 aromatic rings. The molecule has 1 unspecified atom stereocenters. The van der Waals surface area contributed by atoms with Crippen LogP contribution in [0.3, 0.4) is 0 Å². The van der Waals surface area contributed by atoms with Gasteiger partial charge < -0.3 is 14.9 Å². The van der Waals surface area contributed by atoms with E-state index < -0.39 is 17.4 Å². The summed E-state index contributed by atoms with van der Waals surface area (Å²) < 4.78 is 0. The van der Waals surface area contributed by atoms with E-state index in [1.807, 2.05) is 30.5 Å². The molecule has 2 amide bonds. The first kappa shape index (κ1) is 18.3. The Morgan fingerprint density at radius 3 is 2.38 bits per heavy atom. The normalized spacial score (nSPS) is 17.9. The molecule has 1 aromatic carbocycles. The highest BCUT2D eigenvalue weighted by Gasteiger charge is 2.42. The van der Waals surface area contributed by atoms with Gasteiger partial charge in [-0.05, 0) is 44.4 Å². The smallest absolute Gasteiger partial charge is 0.329 e. The van der Waals surface area contributed by atoms with Gasteiger partial charge in [0.1, 0.15) is 5.54 Å². The number of anilines is 1. The Morgan fingerprint density at radius 1 is 1.29 bits per heavy atom. The van der Waals surface area contributed by atoms with Crippen LogP contribution in [0.15, 0.2) is 29.2 Å². The molecule has 1 atom stereocenters. The molecular formula is C17H22N2O4S. The Hall–Kier alpha value is -2.02. The minimum atomic E-state index is -1.31. The number of likely N-dealkylation sites (N-methyl/N-ethyl adjacent to an activating group) is 1. The first-order chi connectivity index (χ1) is 11.2. The van der Waals surface area contributed by atoms with Gasteiger partial charge in [0.15, 0.2) is 0 Å². The van der Waals surface area contributed by atoms with Crippen LogP contribution in [0.25, 0.3) is 0 Å². The summed E-state index contributed by atoms with van der Waals surface area (Å²) in [6.45, 7) is 3.22. The SMILES string of the molecule is CSc1ccc(N2CC(C(=O)N(C)C(C)(C)C(=O)O)CC2=O)cc1. The third-order valence-electron chi connectivity index (χ3n) is 4.55. The third-order valence-corrected chi connectivity index (χ3v) is 5.29. The van der Waals surface area contributed by atoms with Gasteiger partial charge in [-0.3, -0.25) is 9.59 Å². The van der Waals surface area contributed by atoms with Gasteiger partial charge in [0, 0.05) is 30.6 Å². The van der Waals surface area contributed by atoms with Crippen LogP contribution in [0.2, 0.25) is 0 Å². The second kappa shape index (κ2) is 6.84. The minimum absolute atomic E-state index is 0.100. The molecule has 1 N–H and O–H groups in total. The van der Waals surface area contributed by atoms with Crippen molar-refractivity contribution in [1.29, 1.82) is 0 Å². The lowest BCUT2D eigenvalue weighted by atomic mass is 10.00. The summed E-state index contributed by atoms with van der Waals surface area (Å²) >= 11 is 1.62. The van der Waals surface area contributed by atoms with Crippen molar-refractivity contribution in [3.8, 4) is 0 Å². The number of hydrogen-bond acceptors (Lipinski definition) is 4. The van der Waals surface area contributed by atoms with Crippen molar-refractivity contribution >= 4 is 35.2 Å². The number of nitrogens with zero attached hydrogens (tertiary/aromatic N) is 2. The Morgan fingerprint density at radius 2 is 1.88 bits per heavy atom. The molecule has 0 bridgehead atoms. The fourth-order valence-electron chi connectivity index (χ4n) is 2.58. The number of carboxylic acids is 1. The number of rotatable bonds is 5. The maximum Gasteiger partial charge on any atom is 0.329 e. The monoisotopic (exact) mass is 350 g/mol. The molecular weight excluding hydrogens is 328 g/mol. The topological polar surface area (TPSA) is 77.9 Å². The van der Waals surface area contributed by atoms with Crippen molar-refractivity contribution < 1.29 is 19.5 Å². The number of carbonyl (C=O) groups excluding carboxylic acids is 2. The Bertz CT molecular complexity index is 657. The average molecular weight is 350 g/mol. The average Bonchev–Trinajstić information content (AvgIpc) is 2.95. The van der Waals surface area contributed by atoms with E-state index in [4.69, 9.17) is 0 Å². The van der Waals surface area contributed by atoms with Crippen LogP contribution >= 0.6 is 11.8 Å². The second-order valence-electron chi connectivity index (χ2n) is 6.36. The maximum absolute atomic E-state index is 12.6. The zero-order valence-electron chi connectivity index (χ0n) is 14.3. The zero-order chi connectivity index (χ0) is 18.1. The standard InChI is InChI=1S/C17H22N2O4S/c1-17(2,16(22)23)18(3)15(21)11-9-14(20)19(10-11)12-5-7-13(24-4)8-6-12/h5-8,11H,9-10H2,1-4H3,(H,22,23). The predicted molar refractivity (Wildman–Crippen MR) is 93.2 cm³/mol. The molecule has 1 heterocycles. The number of thioether (sulfide) groups is 1. The molecule has 6 nitrogen and oxygen atoms in total. The molecule has 7 heteroatoms. The number of carbonyl (C=O) groups is 3. The van der Waals surface area contributed by atoms with E-state index in [0.29, 0.717) is 0 Å². The number of carboxylic acid groups (broad SMARTS) is 1. The predicted octanol–water partition coefficient (Wildman–Crippen LogP) is 2.08. The van der Waals surface area contributed by atoms with E-state index in [1.54, 1.807) is 16.7 Å². The number of hydrogen-bond donors (Lipinski definition) is 1. The highest BCUT2D eigenvalue weighted by atomic mass is 32.2. The highest BCUT2D eigenvalue weighted by molar-refractivity contribution is 7.98. The summed E-state index contributed by atoms with van der Waals surface area (Å²) in [7, 11) is 1.47. The van der Waals surface area contributed by atoms with Gasteiger partial charge in [-0.25, -0.2) is 4.79 Å². The molecule has 0 radical (unpaired) electrons. The summed E-state index contributed by atoms with van der Waals surface area (Å²) in [4.78, 5) is 40.1. The highest BCUT2D eigenvalue weighted by Crippen LogP contribution is 2.29. The molecule has 1 saturated heterocycles. The summed E-state index contributed by atoms with van der Waals surface area (Å²) in [6.07, 6.45) is 2.08. The summed E-state index contributed by atoms with van der Waals surface area (Å²) in [5.74, 6) is -2.04. The summed E-state index contributed by atoms with van der Waals surface area (Å²) in [6, 6.07) is 7.59. The molecule has 0 aliphatic carbocycles. The van der Waals surface area contributed by atoms with Gasteiger partial charge in [0.25, 0.3) is 0 Å². The van der Waals surface area contributed by atoms with Crippen LogP contribution in [-0.4, -0.2) is 53.2 Å². The van der Waals surface area contributed by atoms with Gasteiger partial charge in [-0.15, -0.1) is 11.8 Å². The summed E-state index contributed by atoms with van der Waals surface area (Å²) in [5, 5.41) is 9.26. The Balaban J connectivity index is 2.13. The zero-order valence-corrected chi connectivity index (χ0v) is 15.1. The molecule has 0 spiro atoms. The molecule has 0 aromatic heterocycles. The number of aliphatic carboxylic acids is 1. The van der Waals surface area contributed by atoms with E-state index in [-0.39, 0.29) is 24.8 Å². The molecule has 130 valence electrons. The van der Waals surface area contributed by atoms with Crippen molar-refractivity contribution in [3.63, 3.8) is 0 Å². The van der Waals surface area contributed by atoms with Crippen LogP contribution in [-0.2, 0) is 14.4 Å². The minimum Gasteiger partial charge on any atom is -0.480 e. The van der Waals surface area contributed by atoms with E-state index in [0.717, 1.165) is 10.6 Å². The van der Waals surface area contributed by atoms with Crippen LogP contribution in [0.4, 0.5) is 5.69 Å². The van der Waals surface area contributed by atoms with Crippen molar-refractivity contribution in [2.75, 3.05) is 24.7 Å². The Labute approximate surface area is 145 Å². The van der Waals surface area contributed by atoms with Gasteiger partial charge in [0.2, 0.25) is 11.8 Å². The molecule has 2 rings (SSSR count). The fraction of sp³-hybridized carbons (Fsp3) is 0.471. The summed E-state index contributed by atoms with van der Waals surface area (Å²) in [5.41, 5.74) is -0.554. The maximum atomic E-state index is 12.6. The lowest BCUT2D eigenvalue weighted by Crippen LogP contribution is -2.52. The third kappa shape index (κ3) is 3.40. The van der Waals surface area contributed by atoms with E-state index in [9.17, 15) is 19.5 Å². The lowest BCUT2D eigenvalue weighted by molar-refractivity contribution is -0.156. The van der Waals surface area contributed by atoms with Crippen LogP contribution in [0.1, 0.15) is 20.3 Å². The van der Waals surface area contributed by atoms with Crippen molar-refractivity contribution in [2.24, 2.45) is 5.92 Å². The number of amides is 2. The van der Waals surface area contributed by atoms with Gasteiger partial charge in [-0.2, -0.15) is 0 Å². The lowest BCUT2D eigenvalue weighted by Gasteiger charge is -2.33. The quantitative estimate of drug-likeness (QED) is 0.823. The first-order valence-corrected chi connectivity index (χ1v) is 8.86. The number of benzene rings is 1. The van der Waals surface area contributed by atoms with E-state index >= 15 is 0 Å². The first-order valence-electron chi connectivity index (χ1n) is 7.64. The fourth-order valence-corrected chi connectivity index (χ4v) is 2.99. The molecule has 1 fully saturated rings. The molecule has 1 aliphatic rings. The van der Waals surface area contributed by atoms with E-state index in [2.05, 4.69) is 0 Å². The Kier molecular flexibility index (Phi) is 5.22. The van der Waals surface area contributed by atoms with Gasteiger partial charge in [0.05, 0.1) is 5.92 Å². The second-order valence-corrected chi connectivity index (χ2v) is 7.24. The van der Waals surface area contributed by atoms with Crippen molar-refractivity contribution in [3.05, 3.63) is 24.3 Å². The van der Waals surface area contributed by atoms with Crippen LogP contribution in [0.5, 0.6) is 0 Å². The van der Waals surface area contributed by atoms with Gasteiger partial charge >= 0.3 is 5.97 Å². The van der Waals surface area contributed by atoms with Crippen LogP contribution < -0.4 is 4.90 Å². The molecule has 0 saturated carbocycles.